The van der Waals surface area contributed by atoms with Crippen LogP contribution in [0.25, 0.3) is 17.1 Å². The third-order valence-corrected chi connectivity index (χ3v) is 6.14. The van der Waals surface area contributed by atoms with E-state index >= 15 is 0 Å². The number of hydrogen-bond donors (Lipinski definition) is 0. The lowest BCUT2D eigenvalue weighted by atomic mass is 9.93. The Morgan fingerprint density at radius 2 is 1.47 bits per heavy atom. The van der Waals surface area contributed by atoms with Crippen LogP contribution in [0.2, 0.25) is 0 Å². The fourth-order valence-electron chi connectivity index (χ4n) is 4.40. The SMILES string of the molecule is CCc1ccc2nc(C=C(C)C)n(C3C(c4ccccc4)=NC(=S)N=C3c3ccccc3)c2c1. The van der Waals surface area contributed by atoms with Crippen molar-refractivity contribution in [3.63, 3.8) is 0 Å². The van der Waals surface area contributed by atoms with E-state index in [-0.39, 0.29) is 6.04 Å². The molecule has 4 nitrogen and oxygen atoms in total. The summed E-state index contributed by atoms with van der Waals surface area (Å²) < 4.78 is 2.28. The Kier molecular flexibility index (Phi) is 6.03. The molecule has 1 aliphatic heterocycles. The van der Waals surface area contributed by atoms with Gasteiger partial charge in [-0.1, -0.05) is 79.2 Å². The van der Waals surface area contributed by atoms with E-state index in [9.17, 15) is 0 Å². The lowest BCUT2D eigenvalue weighted by Gasteiger charge is -2.28. The first-order chi connectivity index (χ1) is 16.5. The van der Waals surface area contributed by atoms with Gasteiger partial charge in [-0.25, -0.2) is 15.0 Å². The van der Waals surface area contributed by atoms with Crippen LogP contribution in [0.15, 0.2) is 94.4 Å². The van der Waals surface area contributed by atoms with E-state index in [0.717, 1.165) is 45.8 Å². The van der Waals surface area contributed by atoms with Gasteiger partial charge in [0.15, 0.2) is 0 Å². The molecule has 4 aromatic rings. The highest BCUT2D eigenvalue weighted by atomic mass is 32.1. The zero-order valence-corrected chi connectivity index (χ0v) is 20.4. The number of allylic oxidation sites excluding steroid dienone is 1. The highest BCUT2D eigenvalue weighted by Gasteiger charge is 2.33. The third-order valence-electron chi connectivity index (χ3n) is 5.95. The second-order valence-corrected chi connectivity index (χ2v) is 9.01. The average molecular weight is 463 g/mol. The molecule has 3 aromatic carbocycles. The number of nitrogens with zero attached hydrogens (tertiary/aromatic N) is 4. The van der Waals surface area contributed by atoms with Crippen LogP contribution in [0.5, 0.6) is 0 Å². The van der Waals surface area contributed by atoms with Gasteiger partial charge in [0.2, 0.25) is 5.11 Å². The summed E-state index contributed by atoms with van der Waals surface area (Å²) in [6.07, 6.45) is 3.08. The number of aliphatic imine (C=N–C) groups is 2. The fourth-order valence-corrected chi connectivity index (χ4v) is 4.60. The quantitative estimate of drug-likeness (QED) is 0.305. The van der Waals surface area contributed by atoms with Gasteiger partial charge in [-0.15, -0.1) is 0 Å². The number of aromatic nitrogens is 2. The zero-order valence-electron chi connectivity index (χ0n) is 19.6. The predicted octanol–water partition coefficient (Wildman–Crippen LogP) is 6.84. The molecule has 5 rings (SSSR count). The highest BCUT2D eigenvalue weighted by molar-refractivity contribution is 7.80. The Bertz CT molecular complexity index is 1400. The molecule has 0 atom stereocenters. The molecular formula is C29H26N4S. The molecule has 0 amide bonds. The van der Waals surface area contributed by atoms with Crippen molar-refractivity contribution in [2.24, 2.45) is 9.98 Å². The maximum Gasteiger partial charge on any atom is 0.219 e. The van der Waals surface area contributed by atoms with Crippen molar-refractivity contribution < 1.29 is 0 Å². The summed E-state index contributed by atoms with van der Waals surface area (Å²) in [5.41, 5.74) is 8.27. The van der Waals surface area contributed by atoms with Gasteiger partial charge in [0.1, 0.15) is 11.9 Å². The molecule has 1 aliphatic rings. The topological polar surface area (TPSA) is 42.5 Å². The first-order valence-corrected chi connectivity index (χ1v) is 11.9. The van der Waals surface area contributed by atoms with Crippen LogP contribution >= 0.6 is 12.2 Å². The summed E-state index contributed by atoms with van der Waals surface area (Å²) in [4.78, 5) is 14.7. The molecule has 0 radical (unpaired) electrons. The van der Waals surface area contributed by atoms with Crippen molar-refractivity contribution in [1.82, 2.24) is 9.55 Å². The van der Waals surface area contributed by atoms with Gasteiger partial charge in [-0.3, -0.25) is 0 Å². The van der Waals surface area contributed by atoms with Gasteiger partial charge in [-0.05, 0) is 67.4 Å². The van der Waals surface area contributed by atoms with Gasteiger partial charge >= 0.3 is 0 Å². The van der Waals surface area contributed by atoms with Crippen molar-refractivity contribution in [1.29, 1.82) is 0 Å². The molecule has 0 saturated heterocycles. The van der Waals surface area contributed by atoms with Crippen molar-refractivity contribution in [3.05, 3.63) is 107 Å². The Balaban J connectivity index is 1.85. The lowest BCUT2D eigenvalue weighted by Crippen LogP contribution is -2.34. The van der Waals surface area contributed by atoms with Crippen LogP contribution in [0.3, 0.4) is 0 Å². The first kappa shape index (κ1) is 22.1. The van der Waals surface area contributed by atoms with E-state index in [1.807, 2.05) is 36.4 Å². The van der Waals surface area contributed by atoms with Crippen LogP contribution in [0.4, 0.5) is 0 Å². The lowest BCUT2D eigenvalue weighted by molar-refractivity contribution is 0.800. The van der Waals surface area contributed by atoms with E-state index in [1.165, 1.54) is 11.1 Å². The summed E-state index contributed by atoms with van der Waals surface area (Å²) >= 11 is 5.57. The molecule has 34 heavy (non-hydrogen) atoms. The molecule has 0 aliphatic carbocycles. The van der Waals surface area contributed by atoms with Crippen molar-refractivity contribution >= 4 is 45.9 Å². The summed E-state index contributed by atoms with van der Waals surface area (Å²) in [7, 11) is 0. The predicted molar refractivity (Wildman–Crippen MR) is 146 cm³/mol. The normalized spacial score (nSPS) is 14.1. The monoisotopic (exact) mass is 462 g/mol. The molecule has 1 aromatic heterocycles. The second kappa shape index (κ2) is 9.27. The van der Waals surface area contributed by atoms with E-state index in [2.05, 4.69) is 73.9 Å². The van der Waals surface area contributed by atoms with E-state index in [4.69, 9.17) is 27.2 Å². The zero-order chi connectivity index (χ0) is 23.7. The van der Waals surface area contributed by atoms with Crippen LogP contribution in [0.1, 0.15) is 49.3 Å². The van der Waals surface area contributed by atoms with Gasteiger partial charge in [0.25, 0.3) is 0 Å². The molecular weight excluding hydrogens is 436 g/mol. The van der Waals surface area contributed by atoms with E-state index in [0.29, 0.717) is 5.11 Å². The van der Waals surface area contributed by atoms with E-state index in [1.54, 1.807) is 0 Å². The molecule has 0 spiro atoms. The standard InChI is InChI=1S/C29H26N4S/c1-4-20-15-16-23-24(18-20)33(25(30-23)17-19(2)3)28-26(21-11-7-5-8-12-21)31-29(34)32-27(28)22-13-9-6-10-14-22/h5-18,28H,4H2,1-3H3. The number of aryl methyl sites for hydroxylation is 1. The van der Waals surface area contributed by atoms with Crippen LogP contribution in [-0.2, 0) is 6.42 Å². The minimum atomic E-state index is -0.279. The summed E-state index contributed by atoms with van der Waals surface area (Å²) in [6.45, 7) is 6.36. The second-order valence-electron chi connectivity index (χ2n) is 8.65. The Morgan fingerprint density at radius 1 is 0.882 bits per heavy atom. The smallest absolute Gasteiger partial charge is 0.219 e. The molecule has 0 saturated carbocycles. The maximum absolute atomic E-state index is 5.57. The molecule has 168 valence electrons. The van der Waals surface area contributed by atoms with Crippen LogP contribution < -0.4 is 0 Å². The van der Waals surface area contributed by atoms with Crippen molar-refractivity contribution in [2.45, 2.75) is 33.2 Å². The Labute approximate surface area is 205 Å². The minimum absolute atomic E-state index is 0.279. The Morgan fingerprint density at radius 3 is 2.00 bits per heavy atom. The number of rotatable bonds is 5. The van der Waals surface area contributed by atoms with Crippen LogP contribution in [-0.4, -0.2) is 26.1 Å². The van der Waals surface area contributed by atoms with Crippen LogP contribution in [0, 0.1) is 0 Å². The largest absolute Gasteiger partial charge is 0.309 e. The maximum atomic E-state index is 5.57. The third kappa shape index (κ3) is 4.15. The molecule has 0 unspecified atom stereocenters. The number of benzene rings is 3. The Hall–Kier alpha value is -3.70. The highest BCUT2D eigenvalue weighted by Crippen LogP contribution is 2.32. The van der Waals surface area contributed by atoms with Gasteiger partial charge in [-0.2, -0.15) is 0 Å². The molecule has 0 bridgehead atoms. The number of hydrogen-bond acceptors (Lipinski definition) is 2. The number of thiocarbonyl (C=S) groups is 1. The molecule has 5 heteroatoms. The van der Waals surface area contributed by atoms with Gasteiger partial charge in [0.05, 0.1) is 22.5 Å². The van der Waals surface area contributed by atoms with Crippen molar-refractivity contribution in [2.75, 3.05) is 0 Å². The van der Waals surface area contributed by atoms with Crippen molar-refractivity contribution in [3.8, 4) is 0 Å². The average Bonchev–Trinajstić information content (AvgIpc) is 3.20. The minimum Gasteiger partial charge on any atom is -0.309 e. The van der Waals surface area contributed by atoms with Gasteiger partial charge < -0.3 is 4.57 Å². The molecule has 0 fully saturated rings. The number of imidazole rings is 1. The van der Waals surface area contributed by atoms with Gasteiger partial charge in [0, 0.05) is 0 Å². The van der Waals surface area contributed by atoms with E-state index < -0.39 is 0 Å². The summed E-state index contributed by atoms with van der Waals surface area (Å²) in [5, 5.41) is 0.344. The summed E-state index contributed by atoms with van der Waals surface area (Å²) in [6, 6.07) is 26.7. The summed E-state index contributed by atoms with van der Waals surface area (Å²) in [5.74, 6) is 0.883. The number of fused-ring (bicyclic) bond motifs is 1. The first-order valence-electron chi connectivity index (χ1n) is 11.5. The molecule has 0 N–H and O–H groups in total. The molecule has 2 heterocycles. The fraction of sp³-hybridized carbons (Fsp3) is 0.172.